The zero-order valence-electron chi connectivity index (χ0n) is 17.2. The van der Waals surface area contributed by atoms with Crippen LogP contribution < -0.4 is 0 Å². The Bertz CT molecular complexity index is 226. The number of carbonyl (C=O) groups is 1. The molecule has 0 bridgehead atoms. The molecule has 0 aliphatic rings. The second kappa shape index (κ2) is 22.5. The zero-order chi connectivity index (χ0) is 18.5. The first-order valence-corrected chi connectivity index (χ1v) is 10.8. The van der Waals surface area contributed by atoms with Crippen molar-refractivity contribution in [2.75, 3.05) is 0 Å². The van der Waals surface area contributed by atoms with Crippen LogP contribution in [0.25, 0.3) is 0 Å². The first-order chi connectivity index (χ1) is 11.5. The topological polar surface area (TPSA) is 37.3 Å². The first kappa shape index (κ1) is 25.7. The highest BCUT2D eigenvalue weighted by atomic mass is 16.4. The number of carboxylic acids is 1. The van der Waals surface area contributed by atoms with E-state index in [1.807, 2.05) is 0 Å². The zero-order valence-corrected chi connectivity index (χ0v) is 17.2. The van der Waals surface area contributed by atoms with Gasteiger partial charge in [0, 0.05) is 6.42 Å². The smallest absolute Gasteiger partial charge is 0.303 e. The van der Waals surface area contributed by atoms with Crippen LogP contribution in [0.4, 0.5) is 0 Å². The van der Waals surface area contributed by atoms with Crippen molar-refractivity contribution in [3.8, 4) is 0 Å². The van der Waals surface area contributed by atoms with E-state index in [1.165, 1.54) is 83.5 Å². The van der Waals surface area contributed by atoms with Gasteiger partial charge in [-0.15, -0.1) is 0 Å². The number of unbranched alkanes of at least 4 members (excludes halogenated alkanes) is 12. The lowest BCUT2D eigenvalue weighted by atomic mass is 10.0. The van der Waals surface area contributed by atoms with Crippen molar-refractivity contribution < 1.29 is 9.90 Å². The number of aliphatic carboxylic acids is 1. The Hall–Kier alpha value is -0.530. The lowest BCUT2D eigenvalue weighted by Gasteiger charge is -2.02. The van der Waals surface area contributed by atoms with Gasteiger partial charge in [0.05, 0.1) is 0 Å². The van der Waals surface area contributed by atoms with Crippen LogP contribution in [0.3, 0.4) is 0 Å². The molecule has 0 saturated heterocycles. The largest absolute Gasteiger partial charge is 0.481 e. The van der Waals surface area contributed by atoms with Crippen LogP contribution in [0.1, 0.15) is 130 Å². The normalized spacial score (nSPS) is 10.5. The third-order valence-corrected chi connectivity index (χ3v) is 4.38. The van der Waals surface area contributed by atoms with Crippen molar-refractivity contribution in [1.29, 1.82) is 0 Å². The summed E-state index contributed by atoms with van der Waals surface area (Å²) >= 11 is 0. The molecule has 24 heavy (non-hydrogen) atoms. The summed E-state index contributed by atoms with van der Waals surface area (Å²) in [4.78, 5) is 10.1. The van der Waals surface area contributed by atoms with Crippen molar-refractivity contribution in [2.45, 2.75) is 130 Å². The maximum atomic E-state index is 10.1. The monoisotopic (exact) mass is 342 g/mol. The van der Waals surface area contributed by atoms with Gasteiger partial charge >= 0.3 is 5.97 Å². The van der Waals surface area contributed by atoms with Gasteiger partial charge in [-0.3, -0.25) is 4.79 Å². The Kier molecular flexibility index (Phi) is 24.1. The molecule has 0 spiro atoms. The van der Waals surface area contributed by atoms with E-state index in [9.17, 15) is 4.79 Å². The van der Waals surface area contributed by atoms with Gasteiger partial charge in [0.2, 0.25) is 0 Å². The minimum Gasteiger partial charge on any atom is -0.481 e. The van der Waals surface area contributed by atoms with Crippen molar-refractivity contribution in [3.63, 3.8) is 0 Å². The molecule has 0 aliphatic carbocycles. The minimum atomic E-state index is -0.672. The van der Waals surface area contributed by atoms with Crippen LogP contribution in [0.5, 0.6) is 0 Å². The summed E-state index contributed by atoms with van der Waals surface area (Å²) < 4.78 is 0. The molecule has 2 heteroatoms. The molecule has 0 aromatic carbocycles. The summed E-state index contributed by atoms with van der Waals surface area (Å²) in [5.74, 6) is 0.0781. The van der Waals surface area contributed by atoms with Crippen LogP contribution >= 0.6 is 0 Å². The molecular formula is C22H46O2. The molecule has 0 saturated carbocycles. The fraction of sp³-hybridized carbons (Fsp3) is 0.955. The maximum absolute atomic E-state index is 10.1. The van der Waals surface area contributed by atoms with Crippen molar-refractivity contribution in [1.82, 2.24) is 0 Å². The highest BCUT2D eigenvalue weighted by Crippen LogP contribution is 2.11. The van der Waals surface area contributed by atoms with E-state index in [0.717, 1.165) is 18.8 Å². The summed E-state index contributed by atoms with van der Waals surface area (Å²) in [5.41, 5.74) is 0. The quantitative estimate of drug-likeness (QED) is 0.288. The van der Waals surface area contributed by atoms with Gasteiger partial charge < -0.3 is 5.11 Å². The number of rotatable bonds is 16. The van der Waals surface area contributed by atoms with Gasteiger partial charge in [-0.1, -0.05) is 118 Å². The van der Waals surface area contributed by atoms with E-state index in [2.05, 4.69) is 27.7 Å². The van der Waals surface area contributed by atoms with E-state index in [0.29, 0.717) is 6.42 Å². The van der Waals surface area contributed by atoms with Gasteiger partial charge in [-0.25, -0.2) is 0 Å². The molecule has 0 heterocycles. The molecule has 0 fully saturated rings. The molecule has 0 rings (SSSR count). The van der Waals surface area contributed by atoms with Crippen molar-refractivity contribution in [2.24, 2.45) is 5.92 Å². The Morgan fingerprint density at radius 3 is 1.38 bits per heavy atom. The Balaban J connectivity index is 0. The Morgan fingerprint density at radius 2 is 1.04 bits per heavy atom. The molecule has 0 aromatic rings. The van der Waals surface area contributed by atoms with Gasteiger partial charge in [0.1, 0.15) is 0 Å². The van der Waals surface area contributed by atoms with Crippen LogP contribution in [-0.4, -0.2) is 11.1 Å². The number of hydrogen-bond acceptors (Lipinski definition) is 1. The predicted octanol–water partition coefficient (Wildman–Crippen LogP) is 7.99. The number of hydrogen-bond donors (Lipinski definition) is 1. The van der Waals surface area contributed by atoms with Crippen LogP contribution in [-0.2, 0) is 4.79 Å². The predicted molar refractivity (Wildman–Crippen MR) is 108 cm³/mol. The van der Waals surface area contributed by atoms with E-state index in [-0.39, 0.29) is 0 Å². The van der Waals surface area contributed by atoms with Crippen LogP contribution in [0.15, 0.2) is 0 Å². The van der Waals surface area contributed by atoms with Crippen molar-refractivity contribution in [3.05, 3.63) is 0 Å². The molecule has 2 nitrogen and oxygen atoms in total. The molecule has 1 N–H and O–H groups in total. The van der Waals surface area contributed by atoms with Crippen LogP contribution in [0, 0.1) is 5.92 Å². The van der Waals surface area contributed by atoms with E-state index >= 15 is 0 Å². The van der Waals surface area contributed by atoms with Crippen LogP contribution in [0.2, 0.25) is 0 Å². The Morgan fingerprint density at radius 1 is 0.667 bits per heavy atom. The van der Waals surface area contributed by atoms with Gasteiger partial charge in [-0.2, -0.15) is 0 Å². The first-order valence-electron chi connectivity index (χ1n) is 10.8. The molecule has 0 unspecified atom stereocenters. The molecule has 0 radical (unpaired) electrons. The highest BCUT2D eigenvalue weighted by molar-refractivity contribution is 5.66. The second-order valence-corrected chi connectivity index (χ2v) is 7.57. The van der Waals surface area contributed by atoms with Crippen molar-refractivity contribution >= 4 is 5.97 Å². The maximum Gasteiger partial charge on any atom is 0.303 e. The summed E-state index contributed by atoms with van der Waals surface area (Å²) in [5, 5.41) is 8.32. The highest BCUT2D eigenvalue weighted by Gasteiger charge is 1.97. The molecule has 0 aromatic heterocycles. The molecule has 0 amide bonds. The van der Waals surface area contributed by atoms with Gasteiger partial charge in [-0.05, 0) is 12.3 Å². The fourth-order valence-electron chi connectivity index (χ4n) is 2.74. The summed E-state index contributed by atoms with van der Waals surface area (Å²) in [7, 11) is 0. The van der Waals surface area contributed by atoms with E-state index in [4.69, 9.17) is 5.11 Å². The molecule has 146 valence electrons. The van der Waals surface area contributed by atoms with E-state index in [1.54, 1.807) is 0 Å². The molecule has 0 aliphatic heterocycles. The molecular weight excluding hydrogens is 296 g/mol. The van der Waals surface area contributed by atoms with E-state index < -0.39 is 5.97 Å². The second-order valence-electron chi connectivity index (χ2n) is 7.57. The lowest BCUT2D eigenvalue weighted by Crippen LogP contribution is -1.94. The number of carboxylic acid groups (broad SMARTS) is 1. The average Bonchev–Trinajstić information content (AvgIpc) is 2.53. The third-order valence-electron chi connectivity index (χ3n) is 4.38. The SMILES string of the molecule is CC(C)CCCCCC(=O)O.CCCCCCCCCCCCC. The average molecular weight is 343 g/mol. The summed E-state index contributed by atoms with van der Waals surface area (Å²) in [6.45, 7) is 8.95. The van der Waals surface area contributed by atoms with Gasteiger partial charge in [0.15, 0.2) is 0 Å². The lowest BCUT2D eigenvalue weighted by molar-refractivity contribution is -0.137. The fourth-order valence-corrected chi connectivity index (χ4v) is 2.74. The third kappa shape index (κ3) is 29.5. The summed E-state index contributed by atoms with van der Waals surface area (Å²) in [6, 6.07) is 0. The van der Waals surface area contributed by atoms with Gasteiger partial charge in [0.25, 0.3) is 0 Å². The standard InChI is InChI=1S/C13H28.C9H18O2/c1-3-5-7-9-11-13-12-10-8-6-4-2;1-8(2)6-4-3-5-7-9(10)11/h3-13H2,1-2H3;8H,3-7H2,1-2H3,(H,10,11). The molecule has 0 atom stereocenters. The minimum absolute atomic E-state index is 0.331. The summed E-state index contributed by atoms with van der Waals surface area (Å²) in [6.07, 6.45) is 20.6. The Labute approximate surface area is 152 Å².